The van der Waals surface area contributed by atoms with Gasteiger partial charge in [-0.05, 0) is 28.9 Å². The number of aromatic nitrogens is 1. The monoisotopic (exact) mass is 356 g/mol. The van der Waals surface area contributed by atoms with Gasteiger partial charge >= 0.3 is 0 Å². The molecule has 1 aromatic rings. The quantitative estimate of drug-likeness (QED) is 0.758. The van der Waals surface area contributed by atoms with Gasteiger partial charge in [-0.15, -0.1) is 0 Å². The number of sulfonamides is 1. The van der Waals surface area contributed by atoms with Crippen molar-refractivity contribution in [2.24, 2.45) is 0 Å². The first-order valence-electron chi connectivity index (χ1n) is 5.08. The Morgan fingerprint density at radius 1 is 1.61 bits per heavy atom. The van der Waals surface area contributed by atoms with Gasteiger partial charge in [0.2, 0.25) is 10.0 Å². The summed E-state index contributed by atoms with van der Waals surface area (Å²) in [6.07, 6.45) is 1.44. The van der Waals surface area contributed by atoms with Crippen molar-refractivity contribution in [2.75, 3.05) is 20.8 Å². The predicted molar refractivity (Wildman–Crippen MR) is 73.2 cm³/mol. The minimum absolute atomic E-state index is 0.0241. The summed E-state index contributed by atoms with van der Waals surface area (Å²) in [6.45, 7) is 2.05. The zero-order valence-electron chi connectivity index (χ0n) is 10.2. The lowest BCUT2D eigenvalue weighted by atomic mass is 10.4. The number of likely N-dealkylation sites (N-methyl/N-ethyl adjacent to an activating group) is 1. The van der Waals surface area contributed by atoms with Gasteiger partial charge in [-0.2, -0.15) is 4.31 Å². The SMILES string of the molecule is COCC(C)N(C)S(=O)(=O)c1cc(Br)cnc1Cl. The van der Waals surface area contributed by atoms with Gasteiger partial charge < -0.3 is 4.74 Å². The molecule has 102 valence electrons. The van der Waals surface area contributed by atoms with E-state index in [9.17, 15) is 8.42 Å². The predicted octanol–water partition coefficient (Wildman–Crippen LogP) is 2.15. The second kappa shape index (κ2) is 6.29. The summed E-state index contributed by atoms with van der Waals surface area (Å²) >= 11 is 9.01. The van der Waals surface area contributed by atoms with Crippen molar-refractivity contribution in [3.63, 3.8) is 0 Å². The summed E-state index contributed by atoms with van der Waals surface area (Å²) in [4.78, 5) is 3.79. The molecule has 18 heavy (non-hydrogen) atoms. The molecule has 1 unspecified atom stereocenters. The van der Waals surface area contributed by atoms with Crippen molar-refractivity contribution in [1.82, 2.24) is 9.29 Å². The van der Waals surface area contributed by atoms with E-state index in [0.29, 0.717) is 11.1 Å². The third kappa shape index (κ3) is 3.42. The van der Waals surface area contributed by atoms with E-state index in [-0.39, 0.29) is 16.1 Å². The van der Waals surface area contributed by atoms with E-state index in [0.717, 1.165) is 0 Å². The summed E-state index contributed by atoms with van der Waals surface area (Å²) < 4.78 is 31.4. The molecule has 8 heteroatoms. The summed E-state index contributed by atoms with van der Waals surface area (Å²) in [5, 5.41) is -0.0466. The van der Waals surface area contributed by atoms with Crippen LogP contribution in [0.1, 0.15) is 6.92 Å². The fourth-order valence-corrected chi connectivity index (χ4v) is 3.59. The largest absolute Gasteiger partial charge is 0.383 e. The molecule has 0 bridgehead atoms. The molecule has 0 aliphatic rings. The lowest BCUT2D eigenvalue weighted by Crippen LogP contribution is -2.38. The van der Waals surface area contributed by atoms with Crippen LogP contribution < -0.4 is 0 Å². The number of halogens is 2. The van der Waals surface area contributed by atoms with E-state index in [4.69, 9.17) is 16.3 Å². The van der Waals surface area contributed by atoms with Crippen LogP contribution in [-0.4, -0.2) is 44.5 Å². The van der Waals surface area contributed by atoms with Gasteiger partial charge in [0, 0.05) is 30.9 Å². The Bertz CT molecular complexity index is 524. The lowest BCUT2D eigenvalue weighted by Gasteiger charge is -2.23. The molecule has 1 rings (SSSR count). The molecule has 0 saturated carbocycles. The molecule has 0 aromatic carbocycles. The van der Waals surface area contributed by atoms with Crippen LogP contribution in [0.3, 0.4) is 0 Å². The number of hydrogen-bond donors (Lipinski definition) is 0. The van der Waals surface area contributed by atoms with Crippen LogP contribution in [0.5, 0.6) is 0 Å². The highest BCUT2D eigenvalue weighted by atomic mass is 79.9. The molecule has 0 fully saturated rings. The molecule has 0 amide bonds. The molecule has 1 aromatic heterocycles. The second-order valence-corrected chi connectivity index (χ2v) is 7.01. The summed E-state index contributed by atoms with van der Waals surface area (Å²) in [7, 11) is -0.684. The van der Waals surface area contributed by atoms with E-state index < -0.39 is 10.0 Å². The van der Waals surface area contributed by atoms with Crippen LogP contribution in [0.4, 0.5) is 0 Å². The first-order valence-corrected chi connectivity index (χ1v) is 7.69. The van der Waals surface area contributed by atoms with Gasteiger partial charge in [-0.3, -0.25) is 0 Å². The molecule has 1 atom stereocenters. The minimum Gasteiger partial charge on any atom is -0.383 e. The van der Waals surface area contributed by atoms with E-state index >= 15 is 0 Å². The Balaban J connectivity index is 3.17. The van der Waals surface area contributed by atoms with Crippen LogP contribution in [0.2, 0.25) is 5.15 Å². The van der Waals surface area contributed by atoms with E-state index in [1.165, 1.54) is 30.7 Å². The second-order valence-electron chi connectivity index (χ2n) is 3.77. The van der Waals surface area contributed by atoms with Crippen molar-refractivity contribution < 1.29 is 13.2 Å². The van der Waals surface area contributed by atoms with Crippen molar-refractivity contribution >= 4 is 37.6 Å². The van der Waals surface area contributed by atoms with Gasteiger partial charge in [0.15, 0.2) is 0 Å². The average molecular weight is 358 g/mol. The Morgan fingerprint density at radius 2 is 2.22 bits per heavy atom. The van der Waals surface area contributed by atoms with Crippen LogP contribution in [0.15, 0.2) is 21.6 Å². The van der Waals surface area contributed by atoms with Gasteiger partial charge in [0.25, 0.3) is 0 Å². The maximum Gasteiger partial charge on any atom is 0.246 e. The third-order valence-corrected chi connectivity index (χ3v) is 5.29. The fraction of sp³-hybridized carbons (Fsp3) is 0.500. The number of methoxy groups -OCH3 is 1. The zero-order valence-corrected chi connectivity index (χ0v) is 13.4. The number of pyridine rings is 1. The molecule has 0 spiro atoms. The van der Waals surface area contributed by atoms with Crippen LogP contribution in [-0.2, 0) is 14.8 Å². The van der Waals surface area contributed by atoms with E-state index in [1.807, 2.05) is 0 Å². The molecular formula is C10H14BrClN2O3S. The van der Waals surface area contributed by atoms with Crippen molar-refractivity contribution in [2.45, 2.75) is 17.9 Å². The minimum atomic E-state index is -3.68. The number of rotatable bonds is 5. The molecule has 0 N–H and O–H groups in total. The van der Waals surface area contributed by atoms with Gasteiger partial charge in [0.05, 0.1) is 6.61 Å². The van der Waals surface area contributed by atoms with E-state index in [1.54, 1.807) is 6.92 Å². The van der Waals surface area contributed by atoms with Crippen molar-refractivity contribution in [3.05, 3.63) is 21.9 Å². The topological polar surface area (TPSA) is 59.5 Å². The average Bonchev–Trinajstić information content (AvgIpc) is 2.31. The molecule has 1 heterocycles. The number of hydrogen-bond acceptors (Lipinski definition) is 4. The number of ether oxygens (including phenoxy) is 1. The Hall–Kier alpha value is -0.210. The molecule has 0 saturated heterocycles. The zero-order chi connectivity index (χ0) is 13.9. The summed E-state index contributed by atoms with van der Waals surface area (Å²) in [5.74, 6) is 0. The van der Waals surface area contributed by atoms with Crippen molar-refractivity contribution in [3.8, 4) is 0 Å². The van der Waals surface area contributed by atoms with Gasteiger partial charge in [-0.1, -0.05) is 11.6 Å². The highest BCUT2D eigenvalue weighted by Gasteiger charge is 2.28. The van der Waals surface area contributed by atoms with Crippen LogP contribution in [0, 0.1) is 0 Å². The Labute approximate surface area is 120 Å². The highest BCUT2D eigenvalue weighted by Crippen LogP contribution is 2.26. The molecular weight excluding hydrogens is 344 g/mol. The fourth-order valence-electron chi connectivity index (χ4n) is 1.32. The highest BCUT2D eigenvalue weighted by molar-refractivity contribution is 9.10. The van der Waals surface area contributed by atoms with Gasteiger partial charge in [0.1, 0.15) is 10.0 Å². The van der Waals surface area contributed by atoms with Gasteiger partial charge in [-0.25, -0.2) is 13.4 Å². The Kier molecular flexibility index (Phi) is 5.54. The molecule has 0 aliphatic heterocycles. The standard InChI is InChI=1S/C10H14BrClN2O3S/c1-7(6-17-3)14(2)18(15,16)9-4-8(11)5-13-10(9)12/h4-5,7H,6H2,1-3H3. The first kappa shape index (κ1) is 15.8. The summed E-state index contributed by atoms with van der Waals surface area (Å²) in [5.41, 5.74) is 0. The lowest BCUT2D eigenvalue weighted by molar-refractivity contribution is 0.149. The smallest absolute Gasteiger partial charge is 0.246 e. The van der Waals surface area contributed by atoms with Crippen LogP contribution >= 0.6 is 27.5 Å². The number of nitrogens with zero attached hydrogens (tertiary/aromatic N) is 2. The Morgan fingerprint density at radius 3 is 2.78 bits per heavy atom. The maximum atomic E-state index is 12.3. The summed E-state index contributed by atoms with van der Waals surface area (Å²) in [6, 6.07) is 1.13. The molecule has 5 nitrogen and oxygen atoms in total. The van der Waals surface area contributed by atoms with Crippen LogP contribution in [0.25, 0.3) is 0 Å². The maximum absolute atomic E-state index is 12.3. The van der Waals surface area contributed by atoms with Crippen molar-refractivity contribution in [1.29, 1.82) is 0 Å². The normalized spacial score (nSPS) is 13.9. The van der Waals surface area contributed by atoms with E-state index in [2.05, 4.69) is 20.9 Å². The third-order valence-electron chi connectivity index (χ3n) is 2.46. The molecule has 0 radical (unpaired) electrons. The molecule has 0 aliphatic carbocycles. The first-order chi connectivity index (χ1) is 8.30.